The fraction of sp³-hybridized carbons (Fsp3) is 0.185. The molecule has 0 spiro atoms. The first-order valence-corrected chi connectivity index (χ1v) is 11.3. The van der Waals surface area contributed by atoms with Crippen molar-refractivity contribution < 1.29 is 14.7 Å². The normalized spacial score (nSPS) is 14.3. The van der Waals surface area contributed by atoms with Gasteiger partial charge in [-0.3, -0.25) is 9.59 Å². The van der Waals surface area contributed by atoms with Crippen LogP contribution in [-0.2, 0) is 0 Å². The number of piperidine rings is 1. The van der Waals surface area contributed by atoms with Gasteiger partial charge >= 0.3 is 0 Å². The number of primary amides is 1. The second kappa shape index (κ2) is 9.03. The minimum atomic E-state index is -0.453. The van der Waals surface area contributed by atoms with E-state index in [2.05, 4.69) is 10.2 Å². The first-order valence-electron chi connectivity index (χ1n) is 11.3. The summed E-state index contributed by atoms with van der Waals surface area (Å²) in [5.41, 5.74) is 10.1. The summed E-state index contributed by atoms with van der Waals surface area (Å²) in [6.07, 6.45) is 3.28. The highest BCUT2D eigenvalue weighted by Gasteiger charge is 2.17. The Balaban J connectivity index is 1.29. The lowest BCUT2D eigenvalue weighted by Crippen LogP contribution is -2.35. The maximum absolute atomic E-state index is 12.8. The van der Waals surface area contributed by atoms with Crippen molar-refractivity contribution in [2.75, 3.05) is 23.3 Å². The monoisotopic (exact) mass is 454 g/mol. The Labute approximate surface area is 197 Å². The van der Waals surface area contributed by atoms with Gasteiger partial charge in [0.05, 0.1) is 11.6 Å². The number of nitrogens with zero attached hydrogens (tertiary/aromatic N) is 2. The van der Waals surface area contributed by atoms with Gasteiger partial charge in [0.15, 0.2) is 0 Å². The van der Waals surface area contributed by atoms with E-state index in [1.54, 1.807) is 12.1 Å². The smallest absolute Gasteiger partial charge is 0.255 e. The fourth-order valence-corrected chi connectivity index (χ4v) is 4.38. The SMILES string of the molecule is NC(=O)c1ccc(-n2ccc3cc(NC(=O)c4ccc(N5CCC(O)CC5)cc4)ccc32)cc1. The van der Waals surface area contributed by atoms with Gasteiger partial charge in [-0.25, -0.2) is 0 Å². The summed E-state index contributed by atoms with van der Waals surface area (Å²) in [7, 11) is 0. The number of carbonyl (C=O) groups excluding carboxylic acids is 2. The van der Waals surface area contributed by atoms with E-state index in [4.69, 9.17) is 5.73 Å². The molecule has 0 unspecified atom stereocenters. The van der Waals surface area contributed by atoms with Crippen molar-refractivity contribution in [1.82, 2.24) is 4.57 Å². The maximum atomic E-state index is 12.8. The highest BCUT2D eigenvalue weighted by molar-refractivity contribution is 6.05. The van der Waals surface area contributed by atoms with E-state index >= 15 is 0 Å². The number of carbonyl (C=O) groups is 2. The van der Waals surface area contributed by atoms with Gasteiger partial charge in [-0.2, -0.15) is 0 Å². The molecule has 7 heteroatoms. The molecule has 3 aromatic carbocycles. The van der Waals surface area contributed by atoms with E-state index in [9.17, 15) is 14.7 Å². The molecular formula is C27H26N4O3. The summed E-state index contributed by atoms with van der Waals surface area (Å²) in [4.78, 5) is 26.3. The van der Waals surface area contributed by atoms with Gasteiger partial charge in [0.25, 0.3) is 5.91 Å². The molecular weight excluding hydrogens is 428 g/mol. The summed E-state index contributed by atoms with van der Waals surface area (Å²) in [5, 5.41) is 13.7. The van der Waals surface area contributed by atoms with Crippen LogP contribution in [0.4, 0.5) is 11.4 Å². The van der Waals surface area contributed by atoms with Gasteiger partial charge in [0, 0.05) is 52.9 Å². The Hall–Kier alpha value is -4.10. The maximum Gasteiger partial charge on any atom is 0.255 e. The first kappa shape index (κ1) is 21.7. The molecule has 4 aromatic rings. The molecule has 4 N–H and O–H groups in total. The molecule has 2 amide bonds. The summed E-state index contributed by atoms with van der Waals surface area (Å²) in [5.74, 6) is -0.619. The number of hydrogen-bond donors (Lipinski definition) is 3. The number of anilines is 2. The number of nitrogens with two attached hydrogens (primary N) is 1. The Kier molecular flexibility index (Phi) is 5.77. The van der Waals surface area contributed by atoms with Crippen LogP contribution in [-0.4, -0.2) is 40.7 Å². The number of aliphatic hydroxyl groups is 1. The van der Waals surface area contributed by atoms with E-state index in [0.29, 0.717) is 16.8 Å². The number of fused-ring (bicyclic) bond motifs is 1. The van der Waals surface area contributed by atoms with Crippen LogP contribution in [0.2, 0.25) is 0 Å². The van der Waals surface area contributed by atoms with Crippen molar-refractivity contribution in [2.45, 2.75) is 18.9 Å². The van der Waals surface area contributed by atoms with Gasteiger partial charge in [-0.15, -0.1) is 0 Å². The lowest BCUT2D eigenvalue weighted by molar-refractivity contribution is 0.0997. The summed E-state index contributed by atoms with van der Waals surface area (Å²) in [6.45, 7) is 1.64. The van der Waals surface area contributed by atoms with Crippen LogP contribution < -0.4 is 16.0 Å². The van der Waals surface area contributed by atoms with E-state index in [0.717, 1.165) is 48.2 Å². The molecule has 0 bridgehead atoms. The number of rotatable bonds is 5. The molecule has 2 heterocycles. The number of aromatic nitrogens is 1. The molecule has 0 radical (unpaired) electrons. The average Bonchev–Trinajstić information content (AvgIpc) is 3.28. The molecule has 1 fully saturated rings. The second-order valence-electron chi connectivity index (χ2n) is 8.59. The quantitative estimate of drug-likeness (QED) is 0.425. The largest absolute Gasteiger partial charge is 0.393 e. The van der Waals surface area contributed by atoms with E-state index in [1.807, 2.05) is 71.4 Å². The van der Waals surface area contributed by atoms with Crippen LogP contribution in [0.25, 0.3) is 16.6 Å². The van der Waals surface area contributed by atoms with Crippen LogP contribution in [0.15, 0.2) is 79.0 Å². The van der Waals surface area contributed by atoms with Crippen molar-refractivity contribution in [3.63, 3.8) is 0 Å². The van der Waals surface area contributed by atoms with E-state index in [1.165, 1.54) is 0 Å². The molecule has 1 aliphatic heterocycles. The predicted molar refractivity (Wildman–Crippen MR) is 134 cm³/mol. The topological polar surface area (TPSA) is 101 Å². The lowest BCUT2D eigenvalue weighted by Gasteiger charge is -2.31. The first-order chi connectivity index (χ1) is 16.5. The number of aliphatic hydroxyl groups excluding tert-OH is 1. The van der Waals surface area contributed by atoms with Crippen molar-refractivity contribution in [3.8, 4) is 5.69 Å². The third-order valence-electron chi connectivity index (χ3n) is 6.34. The van der Waals surface area contributed by atoms with Crippen LogP contribution in [0.3, 0.4) is 0 Å². The molecule has 0 atom stereocenters. The van der Waals surface area contributed by atoms with Crippen LogP contribution >= 0.6 is 0 Å². The van der Waals surface area contributed by atoms with Gasteiger partial charge in [0.2, 0.25) is 5.91 Å². The molecule has 34 heavy (non-hydrogen) atoms. The summed E-state index contributed by atoms with van der Waals surface area (Å²) < 4.78 is 2.02. The Morgan fingerprint density at radius 3 is 2.18 bits per heavy atom. The number of hydrogen-bond acceptors (Lipinski definition) is 4. The predicted octanol–water partition coefficient (Wildman–Crippen LogP) is 3.94. The third-order valence-corrected chi connectivity index (χ3v) is 6.34. The zero-order chi connectivity index (χ0) is 23.7. The Morgan fingerprint density at radius 2 is 1.50 bits per heavy atom. The van der Waals surface area contributed by atoms with Gasteiger partial charge in [0.1, 0.15) is 0 Å². The molecule has 7 nitrogen and oxygen atoms in total. The minimum absolute atomic E-state index is 0.165. The average molecular weight is 455 g/mol. The fourth-order valence-electron chi connectivity index (χ4n) is 4.38. The molecule has 5 rings (SSSR count). The van der Waals surface area contributed by atoms with Crippen LogP contribution in [0.5, 0.6) is 0 Å². The van der Waals surface area contributed by atoms with Crippen molar-refractivity contribution in [2.24, 2.45) is 5.73 Å². The highest BCUT2D eigenvalue weighted by atomic mass is 16.3. The zero-order valence-corrected chi connectivity index (χ0v) is 18.6. The molecule has 0 saturated carbocycles. The Morgan fingerprint density at radius 1 is 0.853 bits per heavy atom. The van der Waals surface area contributed by atoms with E-state index < -0.39 is 5.91 Å². The summed E-state index contributed by atoms with van der Waals surface area (Å²) in [6, 6.07) is 22.5. The lowest BCUT2D eigenvalue weighted by atomic mass is 10.1. The molecule has 0 aliphatic carbocycles. The van der Waals surface area contributed by atoms with Gasteiger partial charge in [-0.1, -0.05) is 0 Å². The van der Waals surface area contributed by atoms with Crippen molar-refractivity contribution in [1.29, 1.82) is 0 Å². The van der Waals surface area contributed by atoms with Crippen LogP contribution in [0, 0.1) is 0 Å². The van der Waals surface area contributed by atoms with E-state index in [-0.39, 0.29) is 12.0 Å². The van der Waals surface area contributed by atoms with Gasteiger partial charge in [-0.05, 0) is 85.6 Å². The van der Waals surface area contributed by atoms with Crippen molar-refractivity contribution >= 4 is 34.1 Å². The number of benzene rings is 3. The minimum Gasteiger partial charge on any atom is -0.393 e. The molecule has 1 aromatic heterocycles. The third kappa shape index (κ3) is 4.38. The number of amides is 2. The van der Waals surface area contributed by atoms with Crippen molar-refractivity contribution in [3.05, 3.63) is 90.1 Å². The van der Waals surface area contributed by atoms with Crippen LogP contribution in [0.1, 0.15) is 33.6 Å². The zero-order valence-electron chi connectivity index (χ0n) is 18.6. The summed E-state index contributed by atoms with van der Waals surface area (Å²) >= 11 is 0. The number of nitrogens with one attached hydrogen (secondary N) is 1. The van der Waals surface area contributed by atoms with Gasteiger partial charge < -0.3 is 25.6 Å². The Bertz CT molecular complexity index is 1330. The second-order valence-corrected chi connectivity index (χ2v) is 8.59. The standard InChI is InChI=1S/C27H26N4O3/c28-26(33)18-1-8-23(9-2-18)31-16-11-20-17-21(5-10-25(20)31)29-27(34)19-3-6-22(7-4-19)30-14-12-24(32)13-15-30/h1-11,16-17,24,32H,12-15H2,(H2,28,33)(H,29,34). The molecule has 1 saturated heterocycles. The highest BCUT2D eigenvalue weighted by Crippen LogP contribution is 2.25. The molecule has 1 aliphatic rings. The molecule has 172 valence electrons.